The Hall–Kier alpha value is -3.29. The molecule has 0 bridgehead atoms. The second-order valence-electron chi connectivity index (χ2n) is 11.0. The summed E-state index contributed by atoms with van der Waals surface area (Å²) >= 11 is 11.0. The van der Waals surface area contributed by atoms with Gasteiger partial charge in [0.25, 0.3) is 0 Å². The van der Waals surface area contributed by atoms with Crippen molar-refractivity contribution in [2.45, 2.75) is 52.6 Å². The SMILES string of the molecule is CC(C)(C)NC(=S)Nc1ccc2c(c1)nc(-c1ccccc1)c1cc(NC(=S)NC(C)(C)C)ccc12. The number of fused-ring (bicyclic) bond motifs is 3. The van der Waals surface area contributed by atoms with Crippen LogP contribution in [0.15, 0.2) is 66.7 Å². The molecule has 0 amide bonds. The summed E-state index contributed by atoms with van der Waals surface area (Å²) in [6.45, 7) is 12.5. The van der Waals surface area contributed by atoms with Crippen molar-refractivity contribution in [3.05, 3.63) is 66.7 Å². The average molecular weight is 516 g/mol. The minimum Gasteiger partial charge on any atom is -0.358 e. The van der Waals surface area contributed by atoms with Crippen LogP contribution in [0.5, 0.6) is 0 Å². The molecule has 0 aliphatic rings. The highest BCUT2D eigenvalue weighted by Gasteiger charge is 2.15. The molecule has 1 heterocycles. The van der Waals surface area contributed by atoms with Crippen LogP contribution in [-0.2, 0) is 0 Å². The molecule has 0 saturated heterocycles. The van der Waals surface area contributed by atoms with Gasteiger partial charge in [-0.05, 0) is 95.6 Å². The van der Waals surface area contributed by atoms with Gasteiger partial charge in [-0.1, -0.05) is 42.5 Å². The number of nitrogens with one attached hydrogen (secondary N) is 4. The lowest BCUT2D eigenvalue weighted by Crippen LogP contribution is -2.42. The average Bonchev–Trinajstić information content (AvgIpc) is 2.76. The molecule has 0 spiro atoms. The summed E-state index contributed by atoms with van der Waals surface area (Å²) in [5.74, 6) is 0. The smallest absolute Gasteiger partial charge is 0.171 e. The first kappa shape index (κ1) is 25.8. The minimum absolute atomic E-state index is 0.119. The Labute approximate surface area is 224 Å². The Morgan fingerprint density at radius 1 is 0.639 bits per heavy atom. The summed E-state index contributed by atoms with van der Waals surface area (Å²) in [6, 6.07) is 22.8. The first-order valence-corrected chi connectivity index (χ1v) is 12.8. The van der Waals surface area contributed by atoms with Gasteiger partial charge >= 0.3 is 0 Å². The van der Waals surface area contributed by atoms with Crippen molar-refractivity contribution in [1.82, 2.24) is 15.6 Å². The van der Waals surface area contributed by atoms with Gasteiger partial charge < -0.3 is 21.3 Å². The number of hydrogen-bond donors (Lipinski definition) is 4. The van der Waals surface area contributed by atoms with Gasteiger partial charge in [0.1, 0.15) is 0 Å². The minimum atomic E-state index is -0.121. The van der Waals surface area contributed by atoms with E-state index in [4.69, 9.17) is 29.4 Å². The van der Waals surface area contributed by atoms with Gasteiger partial charge in [0.05, 0.1) is 11.2 Å². The molecule has 0 unspecified atom stereocenters. The molecule has 4 N–H and O–H groups in total. The molecule has 0 radical (unpaired) electrons. The van der Waals surface area contributed by atoms with Gasteiger partial charge in [-0.25, -0.2) is 4.98 Å². The molecule has 186 valence electrons. The molecule has 0 aliphatic heterocycles. The molecular weight excluding hydrogens is 482 g/mol. The third-order valence-corrected chi connectivity index (χ3v) is 5.74. The van der Waals surface area contributed by atoms with E-state index >= 15 is 0 Å². The Morgan fingerprint density at radius 3 is 1.72 bits per heavy atom. The fraction of sp³-hybridized carbons (Fsp3) is 0.276. The van der Waals surface area contributed by atoms with Crippen molar-refractivity contribution in [3.63, 3.8) is 0 Å². The zero-order valence-corrected chi connectivity index (χ0v) is 23.2. The van der Waals surface area contributed by atoms with Crippen LogP contribution in [0.3, 0.4) is 0 Å². The number of nitrogens with zero attached hydrogens (tertiary/aromatic N) is 1. The van der Waals surface area contributed by atoms with Crippen LogP contribution >= 0.6 is 24.4 Å². The lowest BCUT2D eigenvalue weighted by atomic mass is 9.99. The maximum atomic E-state index is 5.53. The maximum absolute atomic E-state index is 5.53. The fourth-order valence-corrected chi connectivity index (χ4v) is 4.83. The Kier molecular flexibility index (Phi) is 7.16. The van der Waals surface area contributed by atoms with E-state index in [2.05, 4.69) is 99.2 Å². The number of hydrogen-bond acceptors (Lipinski definition) is 3. The van der Waals surface area contributed by atoms with Crippen molar-refractivity contribution in [1.29, 1.82) is 0 Å². The van der Waals surface area contributed by atoms with E-state index in [-0.39, 0.29) is 11.1 Å². The van der Waals surface area contributed by atoms with Crippen molar-refractivity contribution < 1.29 is 0 Å². The first-order chi connectivity index (χ1) is 16.9. The van der Waals surface area contributed by atoms with Crippen molar-refractivity contribution in [3.8, 4) is 11.3 Å². The zero-order chi connectivity index (χ0) is 26.1. The van der Waals surface area contributed by atoms with Crippen LogP contribution in [0.1, 0.15) is 41.5 Å². The van der Waals surface area contributed by atoms with Gasteiger partial charge in [0, 0.05) is 38.8 Å². The van der Waals surface area contributed by atoms with E-state index in [1.807, 2.05) is 30.3 Å². The third kappa shape index (κ3) is 6.47. The first-order valence-electron chi connectivity index (χ1n) is 12.0. The Morgan fingerprint density at radius 2 is 1.17 bits per heavy atom. The third-order valence-electron chi connectivity index (χ3n) is 5.33. The largest absolute Gasteiger partial charge is 0.358 e. The standard InChI is InChI=1S/C29H33N5S2/c1-28(2,3)33-26(35)30-19-12-14-21-22-15-13-20(31-27(36)34-29(4,5)6)17-24(22)32-25(23(21)16-19)18-10-8-7-9-11-18/h7-17H,1-6H3,(H2,30,33,35)(H2,31,34,36). The van der Waals surface area contributed by atoms with E-state index in [9.17, 15) is 0 Å². The molecule has 7 heteroatoms. The van der Waals surface area contributed by atoms with E-state index in [1.54, 1.807) is 0 Å². The van der Waals surface area contributed by atoms with Crippen LogP contribution in [0.2, 0.25) is 0 Å². The Bertz CT molecular complexity index is 1430. The second kappa shape index (κ2) is 9.99. The van der Waals surface area contributed by atoms with Crippen LogP contribution in [0.25, 0.3) is 32.9 Å². The number of rotatable bonds is 3. The lowest BCUT2D eigenvalue weighted by molar-refractivity contribution is 0.514. The molecule has 0 aliphatic carbocycles. The molecule has 4 rings (SSSR count). The molecule has 0 fully saturated rings. The molecule has 0 atom stereocenters. The molecule has 5 nitrogen and oxygen atoms in total. The highest BCUT2D eigenvalue weighted by atomic mass is 32.1. The van der Waals surface area contributed by atoms with Crippen molar-refractivity contribution in [2.75, 3.05) is 10.6 Å². The summed E-state index contributed by atoms with van der Waals surface area (Å²) in [7, 11) is 0. The molecule has 4 aromatic rings. The number of thiocarbonyl (C=S) groups is 2. The van der Waals surface area contributed by atoms with Gasteiger partial charge in [0.2, 0.25) is 0 Å². The molecule has 3 aromatic carbocycles. The highest BCUT2D eigenvalue weighted by Crippen LogP contribution is 2.35. The molecule has 0 saturated carbocycles. The van der Waals surface area contributed by atoms with Gasteiger partial charge in [-0.15, -0.1) is 0 Å². The van der Waals surface area contributed by atoms with Gasteiger partial charge in [-0.2, -0.15) is 0 Å². The molecule has 36 heavy (non-hydrogen) atoms. The summed E-state index contributed by atoms with van der Waals surface area (Å²) in [5, 5.41) is 17.7. The molecular formula is C29H33N5S2. The number of pyridine rings is 1. The zero-order valence-electron chi connectivity index (χ0n) is 21.6. The van der Waals surface area contributed by atoms with Crippen LogP contribution in [0, 0.1) is 0 Å². The maximum Gasteiger partial charge on any atom is 0.171 e. The van der Waals surface area contributed by atoms with Crippen LogP contribution < -0.4 is 21.3 Å². The van der Waals surface area contributed by atoms with Crippen molar-refractivity contribution in [2.24, 2.45) is 0 Å². The lowest BCUT2D eigenvalue weighted by Gasteiger charge is -2.23. The van der Waals surface area contributed by atoms with Crippen LogP contribution in [-0.4, -0.2) is 26.3 Å². The quantitative estimate of drug-likeness (QED) is 0.170. The summed E-state index contributed by atoms with van der Waals surface area (Å²) in [5.41, 5.74) is 4.45. The van der Waals surface area contributed by atoms with E-state index in [0.29, 0.717) is 10.2 Å². The number of benzene rings is 3. The number of aromatic nitrogens is 1. The summed E-state index contributed by atoms with van der Waals surface area (Å²) in [4.78, 5) is 5.12. The van der Waals surface area contributed by atoms with Crippen LogP contribution in [0.4, 0.5) is 11.4 Å². The van der Waals surface area contributed by atoms with Gasteiger partial charge in [0.15, 0.2) is 10.2 Å². The molecule has 1 aromatic heterocycles. The predicted molar refractivity (Wildman–Crippen MR) is 163 cm³/mol. The van der Waals surface area contributed by atoms with E-state index in [0.717, 1.165) is 44.3 Å². The second-order valence-corrected chi connectivity index (χ2v) is 11.8. The summed E-state index contributed by atoms with van der Waals surface area (Å²) < 4.78 is 0. The predicted octanol–water partition coefficient (Wildman–Crippen LogP) is 7.22. The monoisotopic (exact) mass is 515 g/mol. The summed E-state index contributed by atoms with van der Waals surface area (Å²) in [6.07, 6.45) is 0. The fourth-order valence-electron chi connectivity index (χ4n) is 3.99. The van der Waals surface area contributed by atoms with E-state index < -0.39 is 0 Å². The van der Waals surface area contributed by atoms with Gasteiger partial charge in [-0.3, -0.25) is 0 Å². The van der Waals surface area contributed by atoms with E-state index in [1.165, 1.54) is 0 Å². The number of anilines is 2. The highest BCUT2D eigenvalue weighted by molar-refractivity contribution is 7.80. The Balaban J connectivity index is 1.79. The normalized spacial score (nSPS) is 11.8. The topological polar surface area (TPSA) is 61.0 Å². The van der Waals surface area contributed by atoms with Crippen molar-refractivity contribution >= 4 is 67.7 Å².